The number of esters is 1. The Morgan fingerprint density at radius 2 is 2.20 bits per heavy atom. The zero-order valence-corrected chi connectivity index (χ0v) is 9.42. The van der Waals surface area contributed by atoms with E-state index in [4.69, 9.17) is 0 Å². The number of methoxy groups -OCH3 is 1. The molecule has 1 aliphatic rings. The van der Waals surface area contributed by atoms with Crippen LogP contribution in [0.15, 0.2) is 12.0 Å². The molecule has 6 heteroatoms. The fourth-order valence-corrected chi connectivity index (χ4v) is 2.52. The van der Waals surface area contributed by atoms with Gasteiger partial charge < -0.3 is 4.74 Å². The predicted octanol–water partition coefficient (Wildman–Crippen LogP) is 0.391. The average Bonchev–Trinajstić information content (AvgIpc) is 2.64. The van der Waals surface area contributed by atoms with Crippen LogP contribution >= 0.6 is 0 Å². The summed E-state index contributed by atoms with van der Waals surface area (Å²) in [5, 5.41) is 0.873. The highest BCUT2D eigenvalue weighted by atomic mass is 32.2. The molecule has 1 rings (SSSR count). The van der Waals surface area contributed by atoms with Crippen molar-refractivity contribution in [3.8, 4) is 0 Å². The van der Waals surface area contributed by atoms with Crippen molar-refractivity contribution in [3.63, 3.8) is 0 Å². The van der Waals surface area contributed by atoms with Crippen LogP contribution in [0.3, 0.4) is 0 Å². The highest BCUT2D eigenvalue weighted by Gasteiger charge is 2.32. The van der Waals surface area contributed by atoms with E-state index in [0.717, 1.165) is 5.41 Å². The fraction of sp³-hybridized carbons (Fsp3) is 0.667. The van der Waals surface area contributed by atoms with Gasteiger partial charge in [0.05, 0.1) is 13.0 Å². The first-order chi connectivity index (χ1) is 6.98. The van der Waals surface area contributed by atoms with Crippen molar-refractivity contribution in [1.29, 1.82) is 0 Å². The Morgan fingerprint density at radius 1 is 1.53 bits per heavy atom. The van der Waals surface area contributed by atoms with Gasteiger partial charge in [-0.2, -0.15) is 0 Å². The molecule has 86 valence electrons. The topological polar surface area (TPSA) is 72.5 Å². The van der Waals surface area contributed by atoms with Crippen LogP contribution in [-0.4, -0.2) is 27.5 Å². The van der Waals surface area contributed by atoms with E-state index in [2.05, 4.69) is 16.0 Å². The zero-order chi connectivity index (χ0) is 11.5. The number of rotatable bonds is 4. The quantitative estimate of drug-likeness (QED) is 0.713. The Kier molecular flexibility index (Phi) is 3.87. The molecule has 0 aromatic carbocycles. The Labute approximate surface area is 89.5 Å². The molecule has 0 aromatic rings. The number of ether oxygens (including phenoxy) is 1. The van der Waals surface area contributed by atoms with E-state index in [1.807, 2.05) is 0 Å². The minimum Gasteiger partial charge on any atom is -0.469 e. The molecule has 0 radical (unpaired) electrons. The summed E-state index contributed by atoms with van der Waals surface area (Å²) in [5.74, 6) is -0.456. The first-order valence-corrected chi connectivity index (χ1v) is 6.25. The van der Waals surface area contributed by atoms with Crippen LogP contribution in [0.1, 0.15) is 19.3 Å². The van der Waals surface area contributed by atoms with E-state index in [1.165, 1.54) is 7.11 Å². The third kappa shape index (κ3) is 3.32. The largest absolute Gasteiger partial charge is 0.469 e. The maximum Gasteiger partial charge on any atom is 0.308 e. The summed E-state index contributed by atoms with van der Waals surface area (Å²) >= 11 is 0. The summed E-state index contributed by atoms with van der Waals surface area (Å²) in [6.45, 7) is 3.20. The summed E-state index contributed by atoms with van der Waals surface area (Å²) in [7, 11) is -2.06. The molecule has 0 aromatic heterocycles. The van der Waals surface area contributed by atoms with Crippen LogP contribution in [0.2, 0.25) is 0 Å². The van der Waals surface area contributed by atoms with Crippen LogP contribution in [0.25, 0.3) is 0 Å². The van der Waals surface area contributed by atoms with Crippen LogP contribution < -0.4 is 4.72 Å². The van der Waals surface area contributed by atoms with E-state index in [1.54, 1.807) is 0 Å². The molecule has 0 aliphatic heterocycles. The summed E-state index contributed by atoms with van der Waals surface area (Å²) in [6, 6.07) is -0.183. The van der Waals surface area contributed by atoms with Gasteiger partial charge in [0.2, 0.25) is 10.0 Å². The maximum atomic E-state index is 11.2. The number of hydrogen-bond donors (Lipinski definition) is 1. The summed E-state index contributed by atoms with van der Waals surface area (Å²) < 4.78 is 29.4. The summed E-state index contributed by atoms with van der Waals surface area (Å²) in [5.41, 5.74) is 0. The molecule has 5 nitrogen and oxygen atoms in total. The highest BCUT2D eigenvalue weighted by Crippen LogP contribution is 2.26. The van der Waals surface area contributed by atoms with Gasteiger partial charge in [-0.1, -0.05) is 6.58 Å². The number of carbonyl (C=O) groups excluding carboxylic acids is 1. The molecule has 0 spiro atoms. The smallest absolute Gasteiger partial charge is 0.308 e. The molecule has 15 heavy (non-hydrogen) atoms. The molecule has 0 heterocycles. The lowest BCUT2D eigenvalue weighted by Gasteiger charge is -2.10. The molecule has 1 saturated carbocycles. The van der Waals surface area contributed by atoms with Gasteiger partial charge in [0.25, 0.3) is 0 Å². The monoisotopic (exact) mass is 233 g/mol. The number of nitrogens with one attached hydrogen (secondary N) is 1. The van der Waals surface area contributed by atoms with Gasteiger partial charge in [-0.3, -0.25) is 4.79 Å². The molecule has 2 atom stereocenters. The lowest BCUT2D eigenvalue weighted by Crippen LogP contribution is -2.31. The lowest BCUT2D eigenvalue weighted by molar-refractivity contribution is -0.145. The van der Waals surface area contributed by atoms with E-state index in [0.29, 0.717) is 19.3 Å². The number of sulfonamides is 1. The van der Waals surface area contributed by atoms with Crippen molar-refractivity contribution >= 4 is 16.0 Å². The van der Waals surface area contributed by atoms with Crippen LogP contribution in [0, 0.1) is 5.92 Å². The molecule has 0 saturated heterocycles. The third-order valence-corrected chi connectivity index (χ3v) is 3.62. The van der Waals surface area contributed by atoms with Gasteiger partial charge in [0.1, 0.15) is 0 Å². The first-order valence-electron chi connectivity index (χ1n) is 4.71. The summed E-state index contributed by atoms with van der Waals surface area (Å²) in [4.78, 5) is 11.2. The normalized spacial score (nSPS) is 26.2. The first kappa shape index (κ1) is 12.2. The van der Waals surface area contributed by atoms with E-state index in [9.17, 15) is 13.2 Å². The van der Waals surface area contributed by atoms with Crippen molar-refractivity contribution in [1.82, 2.24) is 4.72 Å². The van der Waals surface area contributed by atoms with Gasteiger partial charge in [0.15, 0.2) is 0 Å². The zero-order valence-electron chi connectivity index (χ0n) is 8.60. The molecule has 1 fully saturated rings. The standard InChI is InChI=1S/C9H15NO4S/c1-3-15(12,13)10-8-5-4-7(6-8)9(11)14-2/h3,7-8,10H,1,4-6H2,2H3/t7-,8+/m1/s1. The van der Waals surface area contributed by atoms with Crippen LogP contribution in [0.5, 0.6) is 0 Å². The lowest BCUT2D eigenvalue weighted by atomic mass is 10.1. The van der Waals surface area contributed by atoms with Crippen LogP contribution in [-0.2, 0) is 19.6 Å². The van der Waals surface area contributed by atoms with E-state index >= 15 is 0 Å². The van der Waals surface area contributed by atoms with Crippen molar-refractivity contribution in [2.24, 2.45) is 5.92 Å². The predicted molar refractivity (Wildman–Crippen MR) is 55.4 cm³/mol. The van der Waals surface area contributed by atoms with E-state index < -0.39 is 10.0 Å². The molecule has 1 aliphatic carbocycles. The molecule has 1 N–H and O–H groups in total. The maximum absolute atomic E-state index is 11.2. The van der Waals surface area contributed by atoms with Gasteiger partial charge in [-0.15, -0.1) is 0 Å². The van der Waals surface area contributed by atoms with Crippen molar-refractivity contribution < 1.29 is 17.9 Å². The van der Waals surface area contributed by atoms with Crippen molar-refractivity contribution in [2.45, 2.75) is 25.3 Å². The average molecular weight is 233 g/mol. The minimum atomic E-state index is -3.40. The third-order valence-electron chi connectivity index (χ3n) is 2.52. The Hall–Kier alpha value is -0.880. The SMILES string of the molecule is C=CS(=O)(=O)N[C@H]1CC[C@@H](C(=O)OC)C1. The number of carbonyl (C=O) groups is 1. The second-order valence-corrected chi connectivity index (χ2v) is 5.22. The van der Waals surface area contributed by atoms with Crippen molar-refractivity contribution in [3.05, 3.63) is 12.0 Å². The van der Waals surface area contributed by atoms with Crippen LogP contribution in [0.4, 0.5) is 0 Å². The van der Waals surface area contributed by atoms with Gasteiger partial charge in [-0.25, -0.2) is 13.1 Å². The highest BCUT2D eigenvalue weighted by molar-refractivity contribution is 7.92. The summed E-state index contributed by atoms with van der Waals surface area (Å²) in [6.07, 6.45) is 1.82. The van der Waals surface area contributed by atoms with Gasteiger partial charge >= 0.3 is 5.97 Å². The van der Waals surface area contributed by atoms with Gasteiger partial charge in [0, 0.05) is 11.4 Å². The molecule has 0 unspecified atom stereocenters. The second-order valence-electron chi connectivity index (χ2n) is 3.56. The number of hydrogen-bond acceptors (Lipinski definition) is 4. The molecule has 0 amide bonds. The Balaban J connectivity index is 2.51. The molecular weight excluding hydrogens is 218 g/mol. The Bertz CT molecular complexity index is 349. The fourth-order valence-electron chi connectivity index (χ4n) is 1.75. The van der Waals surface area contributed by atoms with Gasteiger partial charge in [-0.05, 0) is 19.3 Å². The molecular formula is C9H15NO4S. The molecule has 0 bridgehead atoms. The Morgan fingerprint density at radius 3 is 2.73 bits per heavy atom. The minimum absolute atomic E-state index is 0.183. The van der Waals surface area contributed by atoms with Crippen molar-refractivity contribution in [2.75, 3.05) is 7.11 Å². The van der Waals surface area contributed by atoms with E-state index in [-0.39, 0.29) is 17.9 Å². The second kappa shape index (κ2) is 4.76.